The highest BCUT2D eigenvalue weighted by Crippen LogP contribution is 2.32. The van der Waals surface area contributed by atoms with E-state index in [-0.39, 0.29) is 23.6 Å². The van der Waals surface area contributed by atoms with Crippen molar-refractivity contribution < 1.29 is 24.2 Å². The fraction of sp³-hybridized carbons (Fsp3) is 0.176. The number of ether oxygens (including phenoxy) is 2. The zero-order valence-corrected chi connectivity index (χ0v) is 12.8. The zero-order valence-electron chi connectivity index (χ0n) is 12.8. The van der Waals surface area contributed by atoms with E-state index in [0.717, 1.165) is 5.56 Å². The highest BCUT2D eigenvalue weighted by Gasteiger charge is 2.19. The van der Waals surface area contributed by atoms with Crippen LogP contribution in [-0.2, 0) is 11.3 Å². The van der Waals surface area contributed by atoms with Crippen LogP contribution in [-0.4, -0.2) is 24.3 Å². The number of carboxylic acids is 1. The van der Waals surface area contributed by atoms with Gasteiger partial charge in [0, 0.05) is 0 Å². The minimum absolute atomic E-state index is 0.0311. The summed E-state index contributed by atoms with van der Waals surface area (Å²) in [5.74, 6) is -1.04. The molecule has 6 nitrogen and oxygen atoms in total. The number of carbonyl (C=O) groups is 2. The Morgan fingerprint density at radius 2 is 1.83 bits per heavy atom. The highest BCUT2D eigenvalue weighted by atomic mass is 16.5. The third-order valence-electron chi connectivity index (χ3n) is 3.24. The van der Waals surface area contributed by atoms with Gasteiger partial charge in [-0.25, -0.2) is 9.59 Å². The number of rotatable bonds is 5. The van der Waals surface area contributed by atoms with E-state index in [1.165, 1.54) is 13.2 Å². The summed E-state index contributed by atoms with van der Waals surface area (Å²) in [5, 5.41) is 11.7. The number of anilines is 1. The van der Waals surface area contributed by atoms with Crippen molar-refractivity contribution in [2.24, 2.45) is 0 Å². The lowest BCUT2D eigenvalue weighted by Gasteiger charge is -2.15. The maximum absolute atomic E-state index is 12.0. The summed E-state index contributed by atoms with van der Waals surface area (Å²) in [7, 11) is 1.35. The zero-order chi connectivity index (χ0) is 16.8. The van der Waals surface area contributed by atoms with Gasteiger partial charge < -0.3 is 14.6 Å². The van der Waals surface area contributed by atoms with Gasteiger partial charge in [-0.2, -0.15) is 0 Å². The number of benzene rings is 2. The summed E-state index contributed by atoms with van der Waals surface area (Å²) < 4.78 is 10.3. The SMILES string of the molecule is COc1c(C(=O)O)ccc(C)c1NC(=O)OCc1ccccc1. The predicted octanol–water partition coefficient (Wildman–Crippen LogP) is 3.45. The van der Waals surface area contributed by atoms with Crippen molar-refractivity contribution in [1.29, 1.82) is 0 Å². The molecular formula is C17H17NO5. The van der Waals surface area contributed by atoms with Crippen LogP contribution in [0.1, 0.15) is 21.5 Å². The third-order valence-corrected chi connectivity index (χ3v) is 3.24. The van der Waals surface area contributed by atoms with Crippen LogP contribution in [0.5, 0.6) is 5.75 Å². The molecule has 0 aromatic heterocycles. The Kier molecular flexibility index (Phi) is 5.19. The van der Waals surface area contributed by atoms with Crippen molar-refractivity contribution in [3.05, 3.63) is 59.2 Å². The molecule has 0 saturated carbocycles. The fourth-order valence-corrected chi connectivity index (χ4v) is 2.08. The van der Waals surface area contributed by atoms with Crippen molar-refractivity contribution in [3.63, 3.8) is 0 Å². The summed E-state index contributed by atoms with van der Waals surface area (Å²) in [4.78, 5) is 23.2. The quantitative estimate of drug-likeness (QED) is 0.882. The molecule has 6 heteroatoms. The molecule has 0 bridgehead atoms. The average Bonchev–Trinajstić information content (AvgIpc) is 2.55. The molecule has 2 aromatic rings. The van der Waals surface area contributed by atoms with Gasteiger partial charge in [0.2, 0.25) is 0 Å². The molecule has 1 amide bonds. The van der Waals surface area contributed by atoms with Gasteiger partial charge in [0.1, 0.15) is 12.2 Å². The normalized spacial score (nSPS) is 10.0. The van der Waals surface area contributed by atoms with Crippen molar-refractivity contribution in [2.75, 3.05) is 12.4 Å². The number of amides is 1. The molecule has 0 aliphatic carbocycles. The van der Waals surface area contributed by atoms with Crippen molar-refractivity contribution in [1.82, 2.24) is 0 Å². The van der Waals surface area contributed by atoms with Gasteiger partial charge in [-0.1, -0.05) is 36.4 Å². The molecule has 120 valence electrons. The van der Waals surface area contributed by atoms with Crippen LogP contribution in [0.15, 0.2) is 42.5 Å². The predicted molar refractivity (Wildman–Crippen MR) is 84.9 cm³/mol. The Balaban J connectivity index is 2.14. The molecule has 2 aromatic carbocycles. The van der Waals surface area contributed by atoms with Crippen molar-refractivity contribution in [2.45, 2.75) is 13.5 Å². The largest absolute Gasteiger partial charge is 0.494 e. The number of carboxylic acid groups (broad SMARTS) is 1. The molecule has 0 spiro atoms. The van der Waals surface area contributed by atoms with E-state index in [0.29, 0.717) is 5.56 Å². The lowest BCUT2D eigenvalue weighted by atomic mass is 10.1. The van der Waals surface area contributed by atoms with Crippen LogP contribution < -0.4 is 10.1 Å². The van der Waals surface area contributed by atoms with Gasteiger partial charge in [0.25, 0.3) is 0 Å². The number of aromatic carboxylic acids is 1. The minimum atomic E-state index is -1.14. The van der Waals surface area contributed by atoms with Crippen molar-refractivity contribution in [3.8, 4) is 5.75 Å². The van der Waals surface area contributed by atoms with Crippen LogP contribution in [0.2, 0.25) is 0 Å². The highest BCUT2D eigenvalue weighted by molar-refractivity contribution is 5.97. The first kappa shape index (κ1) is 16.4. The van der Waals surface area contributed by atoms with E-state index < -0.39 is 12.1 Å². The van der Waals surface area contributed by atoms with E-state index in [9.17, 15) is 14.7 Å². The Morgan fingerprint density at radius 3 is 2.43 bits per heavy atom. The summed E-state index contributed by atoms with van der Waals surface area (Å²) in [5.41, 5.74) is 1.77. The van der Waals surface area contributed by atoms with E-state index in [1.807, 2.05) is 30.3 Å². The van der Waals surface area contributed by atoms with Crippen LogP contribution in [0, 0.1) is 6.92 Å². The minimum Gasteiger partial charge on any atom is -0.494 e. The Hall–Kier alpha value is -3.02. The molecule has 0 radical (unpaired) electrons. The summed E-state index contributed by atoms with van der Waals surface area (Å²) in [6, 6.07) is 12.3. The maximum Gasteiger partial charge on any atom is 0.412 e. The molecule has 23 heavy (non-hydrogen) atoms. The first-order valence-electron chi connectivity index (χ1n) is 6.91. The van der Waals surface area contributed by atoms with Gasteiger partial charge in [-0.05, 0) is 24.1 Å². The Labute approximate surface area is 133 Å². The standard InChI is InChI=1S/C17H17NO5/c1-11-8-9-13(16(19)20)15(22-2)14(11)18-17(21)23-10-12-6-4-3-5-7-12/h3-9H,10H2,1-2H3,(H,18,21)(H,19,20). The van der Waals surface area contributed by atoms with Crippen LogP contribution >= 0.6 is 0 Å². The van der Waals surface area contributed by atoms with Gasteiger partial charge >= 0.3 is 12.1 Å². The van der Waals surface area contributed by atoms with E-state index >= 15 is 0 Å². The molecule has 0 saturated heterocycles. The van der Waals surface area contributed by atoms with E-state index in [1.54, 1.807) is 13.0 Å². The summed E-state index contributed by atoms with van der Waals surface area (Å²) >= 11 is 0. The molecule has 2 rings (SSSR count). The van der Waals surface area contributed by atoms with E-state index in [4.69, 9.17) is 9.47 Å². The number of hydrogen-bond donors (Lipinski definition) is 2. The topological polar surface area (TPSA) is 84.9 Å². The van der Waals surface area contributed by atoms with Gasteiger partial charge in [0.15, 0.2) is 5.75 Å². The Morgan fingerprint density at radius 1 is 1.13 bits per heavy atom. The average molecular weight is 315 g/mol. The maximum atomic E-state index is 12.0. The number of hydrogen-bond acceptors (Lipinski definition) is 4. The molecule has 0 fully saturated rings. The molecular weight excluding hydrogens is 298 g/mol. The van der Waals surface area contributed by atoms with Crippen LogP contribution in [0.3, 0.4) is 0 Å². The fourth-order valence-electron chi connectivity index (χ4n) is 2.08. The van der Waals surface area contributed by atoms with Gasteiger partial charge in [-0.15, -0.1) is 0 Å². The van der Waals surface area contributed by atoms with Gasteiger partial charge in [-0.3, -0.25) is 5.32 Å². The van der Waals surface area contributed by atoms with Crippen LogP contribution in [0.4, 0.5) is 10.5 Å². The second-order valence-corrected chi connectivity index (χ2v) is 4.83. The molecule has 0 aliphatic rings. The molecule has 0 atom stereocenters. The molecule has 2 N–H and O–H groups in total. The Bertz CT molecular complexity index is 712. The molecule has 0 aliphatic heterocycles. The van der Waals surface area contributed by atoms with Crippen molar-refractivity contribution >= 4 is 17.7 Å². The number of carbonyl (C=O) groups excluding carboxylic acids is 1. The monoisotopic (exact) mass is 315 g/mol. The number of methoxy groups -OCH3 is 1. The number of nitrogens with one attached hydrogen (secondary N) is 1. The molecule has 0 heterocycles. The lowest BCUT2D eigenvalue weighted by Crippen LogP contribution is -2.16. The second-order valence-electron chi connectivity index (χ2n) is 4.83. The summed E-state index contributed by atoms with van der Waals surface area (Å²) in [6.07, 6.45) is -0.683. The second kappa shape index (κ2) is 7.31. The van der Waals surface area contributed by atoms with Gasteiger partial charge in [0.05, 0.1) is 12.8 Å². The smallest absolute Gasteiger partial charge is 0.412 e. The summed E-state index contributed by atoms with van der Waals surface area (Å²) in [6.45, 7) is 1.85. The number of aryl methyl sites for hydroxylation is 1. The first-order chi connectivity index (χ1) is 11.0. The lowest BCUT2D eigenvalue weighted by molar-refractivity contribution is 0.0693. The molecule has 0 unspecified atom stereocenters. The third kappa shape index (κ3) is 4.00. The van der Waals surface area contributed by atoms with Crippen LogP contribution in [0.25, 0.3) is 0 Å². The first-order valence-corrected chi connectivity index (χ1v) is 6.91. The van der Waals surface area contributed by atoms with E-state index in [2.05, 4.69) is 5.32 Å².